The second kappa shape index (κ2) is 2.96. The van der Waals surface area contributed by atoms with Crippen molar-refractivity contribution < 1.29 is 9.66 Å². The van der Waals surface area contributed by atoms with Gasteiger partial charge in [-0.25, -0.2) is 0 Å². The Hall–Kier alpha value is 0.620. The lowest BCUT2D eigenvalue weighted by molar-refractivity contribution is 0.284. The van der Waals surface area contributed by atoms with E-state index in [4.69, 9.17) is 9.66 Å². The molecular formula is C4H9O2S2+. The van der Waals surface area contributed by atoms with E-state index < -0.39 is 11.2 Å². The molecular weight excluding hydrogens is 144 g/mol. The minimum atomic E-state index is -0.491. The van der Waals surface area contributed by atoms with Gasteiger partial charge >= 0.3 is 0 Å². The van der Waals surface area contributed by atoms with Crippen LogP contribution in [0.2, 0.25) is 0 Å². The number of aliphatic hydroxyl groups excluding tert-OH is 1. The molecule has 0 aromatic carbocycles. The van der Waals surface area contributed by atoms with Gasteiger partial charge in [-0.1, -0.05) is 0 Å². The van der Waals surface area contributed by atoms with Gasteiger partial charge in [0.05, 0.1) is 0 Å². The fraction of sp³-hybridized carbons (Fsp3) is 1.00. The molecule has 0 saturated carbocycles. The molecule has 0 radical (unpaired) electrons. The number of aliphatic hydroxyl groups is 1. The maximum atomic E-state index is 8.93. The van der Waals surface area contributed by atoms with Crippen LogP contribution in [-0.4, -0.2) is 32.4 Å². The van der Waals surface area contributed by atoms with Gasteiger partial charge in [0, 0.05) is 5.75 Å². The lowest BCUT2D eigenvalue weighted by Gasteiger charge is -2.11. The van der Waals surface area contributed by atoms with Crippen LogP contribution < -0.4 is 0 Å². The van der Waals surface area contributed by atoms with Crippen LogP contribution in [-0.2, 0) is 11.2 Å². The van der Waals surface area contributed by atoms with E-state index in [1.54, 1.807) is 0 Å². The highest BCUT2D eigenvalue weighted by molar-refractivity contribution is 8.03. The average molecular weight is 153 g/mol. The van der Waals surface area contributed by atoms with Crippen LogP contribution >= 0.6 is 11.8 Å². The summed E-state index contributed by atoms with van der Waals surface area (Å²) in [6, 6.07) is 0. The van der Waals surface area contributed by atoms with E-state index in [-0.39, 0.29) is 5.44 Å². The maximum Gasteiger partial charge on any atom is 0.176 e. The minimum Gasteiger partial charge on any atom is -0.377 e. The molecule has 0 aliphatic carbocycles. The van der Waals surface area contributed by atoms with Gasteiger partial charge in [-0.3, -0.25) is 0 Å². The van der Waals surface area contributed by atoms with Gasteiger partial charge in [0.25, 0.3) is 0 Å². The van der Waals surface area contributed by atoms with E-state index in [2.05, 4.69) is 0 Å². The molecule has 0 spiro atoms. The zero-order chi connectivity index (χ0) is 5.98. The lowest BCUT2D eigenvalue weighted by atomic mass is 10.8. The highest BCUT2D eigenvalue weighted by Gasteiger charge is 2.26. The van der Waals surface area contributed by atoms with Gasteiger partial charge in [0.2, 0.25) is 0 Å². The zero-order valence-electron chi connectivity index (χ0n) is 4.41. The van der Waals surface area contributed by atoms with Crippen LogP contribution in [0.4, 0.5) is 0 Å². The second-order valence-corrected chi connectivity index (χ2v) is 4.61. The molecule has 1 fully saturated rings. The van der Waals surface area contributed by atoms with Gasteiger partial charge in [-0.2, -0.15) is 4.55 Å². The molecule has 4 heteroatoms. The second-order valence-electron chi connectivity index (χ2n) is 1.66. The van der Waals surface area contributed by atoms with E-state index in [1.807, 2.05) is 0 Å². The van der Waals surface area contributed by atoms with Crippen molar-refractivity contribution in [2.24, 2.45) is 0 Å². The quantitative estimate of drug-likeness (QED) is 0.486. The molecule has 2 unspecified atom stereocenters. The molecule has 1 aliphatic heterocycles. The standard InChI is InChI=1S/C4H9O2S2/c5-4-3-8(6)2-1-7-4/h4-6H,1-3H2/q+1. The maximum absolute atomic E-state index is 8.93. The fourth-order valence-electron chi connectivity index (χ4n) is 0.576. The Bertz CT molecular complexity index is 70.4. The molecule has 2 atom stereocenters. The summed E-state index contributed by atoms with van der Waals surface area (Å²) in [6.07, 6.45) is 0. The molecule has 2 nitrogen and oxygen atoms in total. The molecule has 2 N–H and O–H groups in total. The van der Waals surface area contributed by atoms with E-state index in [9.17, 15) is 0 Å². The predicted octanol–water partition coefficient (Wildman–Crippen LogP) is 0.143. The highest BCUT2D eigenvalue weighted by atomic mass is 32.2. The Morgan fingerprint density at radius 3 is 2.75 bits per heavy atom. The Kier molecular flexibility index (Phi) is 2.49. The van der Waals surface area contributed by atoms with E-state index in [0.717, 1.165) is 11.5 Å². The third-order valence-corrected chi connectivity index (χ3v) is 3.80. The van der Waals surface area contributed by atoms with Gasteiger partial charge in [-0.15, -0.1) is 11.8 Å². The number of thioether (sulfide) groups is 1. The molecule has 1 rings (SSSR count). The zero-order valence-corrected chi connectivity index (χ0v) is 6.04. The Morgan fingerprint density at radius 2 is 2.38 bits per heavy atom. The van der Waals surface area contributed by atoms with Crippen molar-refractivity contribution in [3.05, 3.63) is 0 Å². The monoisotopic (exact) mass is 153 g/mol. The molecule has 0 aromatic heterocycles. The average Bonchev–Trinajstić information content (AvgIpc) is 1.64. The first-order valence-electron chi connectivity index (χ1n) is 2.45. The molecule has 0 bridgehead atoms. The van der Waals surface area contributed by atoms with Crippen molar-refractivity contribution in [1.29, 1.82) is 0 Å². The Labute approximate surface area is 55.8 Å². The van der Waals surface area contributed by atoms with Crippen molar-refractivity contribution in [1.82, 2.24) is 0 Å². The van der Waals surface area contributed by atoms with Crippen LogP contribution in [0, 0.1) is 0 Å². The third-order valence-electron chi connectivity index (χ3n) is 0.964. The summed E-state index contributed by atoms with van der Waals surface area (Å²) >= 11 is 1.03. The van der Waals surface area contributed by atoms with Crippen molar-refractivity contribution in [3.8, 4) is 0 Å². The predicted molar refractivity (Wildman–Crippen MR) is 38.2 cm³/mol. The molecule has 48 valence electrons. The molecule has 8 heavy (non-hydrogen) atoms. The normalized spacial score (nSPS) is 39.8. The molecule has 1 saturated heterocycles. The highest BCUT2D eigenvalue weighted by Crippen LogP contribution is 2.17. The summed E-state index contributed by atoms with van der Waals surface area (Å²) in [4.78, 5) is 0. The summed E-state index contributed by atoms with van der Waals surface area (Å²) in [5.41, 5.74) is -0.308. The van der Waals surface area contributed by atoms with Crippen LogP contribution in [0.25, 0.3) is 0 Å². The molecule has 1 aliphatic rings. The van der Waals surface area contributed by atoms with Gasteiger partial charge in [0.1, 0.15) is 22.4 Å². The lowest BCUT2D eigenvalue weighted by Crippen LogP contribution is -2.27. The summed E-state index contributed by atoms with van der Waals surface area (Å²) in [7, 11) is 0. The van der Waals surface area contributed by atoms with Crippen molar-refractivity contribution >= 4 is 22.9 Å². The molecule has 0 amide bonds. The van der Waals surface area contributed by atoms with Crippen molar-refractivity contribution in [3.63, 3.8) is 0 Å². The number of hydrogen-bond acceptors (Lipinski definition) is 3. The van der Waals surface area contributed by atoms with Gasteiger partial charge in [0.15, 0.2) is 5.75 Å². The van der Waals surface area contributed by atoms with Crippen LogP contribution in [0.3, 0.4) is 0 Å². The SMILES string of the molecule is OC1C[S+](O)CCS1. The van der Waals surface area contributed by atoms with E-state index in [0.29, 0.717) is 5.75 Å². The first-order valence-corrected chi connectivity index (χ1v) is 5.02. The van der Waals surface area contributed by atoms with Crippen molar-refractivity contribution in [2.75, 3.05) is 17.3 Å². The number of hydrogen-bond donors (Lipinski definition) is 2. The Morgan fingerprint density at radius 1 is 1.62 bits per heavy atom. The summed E-state index contributed by atoms with van der Waals surface area (Å²) in [5, 5.41) is 8.89. The Balaban J connectivity index is 2.23. The minimum absolute atomic E-state index is 0.308. The van der Waals surface area contributed by atoms with Crippen molar-refractivity contribution in [2.45, 2.75) is 5.44 Å². The summed E-state index contributed by atoms with van der Waals surface area (Å²) in [5.74, 6) is 2.34. The number of rotatable bonds is 0. The smallest absolute Gasteiger partial charge is 0.176 e. The third kappa shape index (κ3) is 1.85. The fourth-order valence-corrected chi connectivity index (χ4v) is 3.35. The first-order chi connectivity index (χ1) is 3.79. The van der Waals surface area contributed by atoms with E-state index in [1.165, 1.54) is 11.8 Å². The van der Waals surface area contributed by atoms with E-state index >= 15 is 0 Å². The summed E-state index contributed by atoms with van der Waals surface area (Å²) in [6.45, 7) is 0. The molecule has 1 heterocycles. The summed E-state index contributed by atoms with van der Waals surface area (Å²) < 4.78 is 8.93. The van der Waals surface area contributed by atoms with Gasteiger partial charge < -0.3 is 5.11 Å². The molecule has 0 aromatic rings. The largest absolute Gasteiger partial charge is 0.377 e. The topological polar surface area (TPSA) is 40.5 Å². The first kappa shape index (κ1) is 6.74. The van der Waals surface area contributed by atoms with Crippen LogP contribution in [0.1, 0.15) is 0 Å². The van der Waals surface area contributed by atoms with Gasteiger partial charge in [-0.05, 0) is 0 Å². The van der Waals surface area contributed by atoms with Crippen LogP contribution in [0.15, 0.2) is 0 Å². The van der Waals surface area contributed by atoms with Crippen LogP contribution in [0.5, 0.6) is 0 Å².